The summed E-state index contributed by atoms with van der Waals surface area (Å²) in [4.78, 5) is 12.1. The number of nitrogens with zero attached hydrogens (tertiary/aromatic N) is 1. The minimum atomic E-state index is 0.0759. The van der Waals surface area contributed by atoms with Crippen LogP contribution in [-0.4, -0.2) is 17.0 Å². The fraction of sp³-hybridized carbons (Fsp3) is 0.643. The Morgan fingerprint density at radius 3 is 2.78 bits per heavy atom. The Morgan fingerprint density at radius 1 is 1.39 bits per heavy atom. The number of hydrogen-bond donors (Lipinski definition) is 1. The summed E-state index contributed by atoms with van der Waals surface area (Å²) in [6, 6.07) is 2.47. The van der Waals surface area contributed by atoms with Crippen LogP contribution in [0.1, 0.15) is 55.1 Å². The molecule has 0 saturated heterocycles. The van der Waals surface area contributed by atoms with E-state index in [1.54, 1.807) is 0 Å². The standard InChI is InChI=1S/C14H19BrN2O/c15-11-8-13(17(9-11)12-4-5-12)14(18)16-7-6-10-2-1-3-10/h8-10,12H,1-7H2,(H,16,18). The number of aromatic nitrogens is 1. The summed E-state index contributed by atoms with van der Waals surface area (Å²) in [6.45, 7) is 0.816. The quantitative estimate of drug-likeness (QED) is 0.887. The number of carbonyl (C=O) groups is 1. The third kappa shape index (κ3) is 2.63. The van der Waals surface area contributed by atoms with Gasteiger partial charge in [-0.1, -0.05) is 19.3 Å². The molecule has 4 heteroatoms. The first-order valence-electron chi connectivity index (χ1n) is 6.89. The predicted octanol–water partition coefficient (Wildman–Crippen LogP) is 3.51. The first-order valence-corrected chi connectivity index (χ1v) is 7.69. The topological polar surface area (TPSA) is 34.0 Å². The van der Waals surface area contributed by atoms with Gasteiger partial charge in [0.25, 0.3) is 5.91 Å². The Labute approximate surface area is 116 Å². The van der Waals surface area contributed by atoms with Gasteiger partial charge in [0.2, 0.25) is 0 Å². The van der Waals surface area contributed by atoms with Gasteiger partial charge in [0, 0.05) is 23.3 Å². The van der Waals surface area contributed by atoms with Crippen LogP contribution in [0.4, 0.5) is 0 Å². The van der Waals surface area contributed by atoms with Crippen LogP contribution in [0, 0.1) is 5.92 Å². The molecule has 18 heavy (non-hydrogen) atoms. The maximum absolute atomic E-state index is 12.1. The van der Waals surface area contributed by atoms with Gasteiger partial charge in [-0.3, -0.25) is 4.79 Å². The Bertz CT molecular complexity index is 447. The van der Waals surface area contributed by atoms with Gasteiger partial charge in [-0.15, -0.1) is 0 Å². The third-order valence-electron chi connectivity index (χ3n) is 4.05. The van der Waals surface area contributed by atoms with Gasteiger partial charge in [-0.05, 0) is 47.2 Å². The molecule has 2 aliphatic rings. The Hall–Kier alpha value is -0.770. The highest BCUT2D eigenvalue weighted by Crippen LogP contribution is 2.37. The summed E-state index contributed by atoms with van der Waals surface area (Å²) in [5.41, 5.74) is 0.804. The number of halogens is 1. The second kappa shape index (κ2) is 5.08. The highest BCUT2D eigenvalue weighted by atomic mass is 79.9. The van der Waals surface area contributed by atoms with E-state index in [4.69, 9.17) is 0 Å². The van der Waals surface area contributed by atoms with Crippen molar-refractivity contribution in [3.8, 4) is 0 Å². The van der Waals surface area contributed by atoms with Crippen molar-refractivity contribution < 1.29 is 4.79 Å². The van der Waals surface area contributed by atoms with Crippen molar-refractivity contribution in [2.45, 2.75) is 44.6 Å². The molecule has 0 radical (unpaired) electrons. The minimum absolute atomic E-state index is 0.0759. The highest BCUT2D eigenvalue weighted by Gasteiger charge is 2.27. The summed E-state index contributed by atoms with van der Waals surface area (Å²) in [6.07, 6.45) is 9.62. The van der Waals surface area contributed by atoms with E-state index in [-0.39, 0.29) is 5.91 Å². The summed E-state index contributed by atoms with van der Waals surface area (Å²) in [5, 5.41) is 3.05. The molecular formula is C14H19BrN2O. The summed E-state index contributed by atoms with van der Waals surface area (Å²) in [5.74, 6) is 0.930. The average molecular weight is 311 g/mol. The second-order valence-corrected chi connectivity index (χ2v) is 6.44. The van der Waals surface area contributed by atoms with Crippen LogP contribution in [0.25, 0.3) is 0 Å². The van der Waals surface area contributed by atoms with Crippen molar-refractivity contribution in [1.29, 1.82) is 0 Å². The SMILES string of the molecule is O=C(NCCC1CCC1)c1cc(Br)cn1C1CC1. The number of rotatable bonds is 5. The largest absolute Gasteiger partial charge is 0.351 e. The number of hydrogen-bond acceptors (Lipinski definition) is 1. The fourth-order valence-corrected chi connectivity index (χ4v) is 2.98. The molecular weight excluding hydrogens is 292 g/mol. The van der Waals surface area contributed by atoms with Crippen molar-refractivity contribution in [2.75, 3.05) is 6.54 Å². The van der Waals surface area contributed by atoms with Crippen molar-refractivity contribution in [2.24, 2.45) is 5.92 Å². The van der Waals surface area contributed by atoms with E-state index in [1.807, 2.05) is 12.3 Å². The molecule has 0 aliphatic heterocycles. The zero-order chi connectivity index (χ0) is 12.5. The van der Waals surface area contributed by atoms with Crippen LogP contribution in [0.3, 0.4) is 0 Å². The van der Waals surface area contributed by atoms with Crippen molar-refractivity contribution in [1.82, 2.24) is 9.88 Å². The third-order valence-corrected chi connectivity index (χ3v) is 4.48. The van der Waals surface area contributed by atoms with Crippen LogP contribution in [0.5, 0.6) is 0 Å². The van der Waals surface area contributed by atoms with E-state index in [1.165, 1.54) is 32.1 Å². The molecule has 1 N–H and O–H groups in total. The van der Waals surface area contributed by atoms with Gasteiger partial charge in [0.1, 0.15) is 5.69 Å². The fourth-order valence-electron chi connectivity index (χ4n) is 2.54. The molecule has 1 amide bonds. The predicted molar refractivity (Wildman–Crippen MR) is 74.7 cm³/mol. The molecule has 2 saturated carbocycles. The van der Waals surface area contributed by atoms with Crippen molar-refractivity contribution in [3.05, 3.63) is 22.4 Å². The van der Waals surface area contributed by atoms with Crippen molar-refractivity contribution >= 4 is 21.8 Å². The first-order chi connectivity index (χ1) is 8.74. The van der Waals surface area contributed by atoms with Gasteiger partial charge in [-0.2, -0.15) is 0 Å². The summed E-state index contributed by atoms with van der Waals surface area (Å²) >= 11 is 3.46. The van der Waals surface area contributed by atoms with Gasteiger partial charge >= 0.3 is 0 Å². The van der Waals surface area contributed by atoms with Gasteiger partial charge in [0.05, 0.1) is 0 Å². The van der Waals surface area contributed by atoms with Crippen molar-refractivity contribution in [3.63, 3.8) is 0 Å². The van der Waals surface area contributed by atoms with Crippen LogP contribution < -0.4 is 5.32 Å². The molecule has 98 valence electrons. The molecule has 1 aromatic rings. The normalized spacial score (nSPS) is 19.6. The monoisotopic (exact) mass is 310 g/mol. The zero-order valence-electron chi connectivity index (χ0n) is 10.5. The molecule has 2 fully saturated rings. The lowest BCUT2D eigenvalue weighted by atomic mass is 9.83. The van der Waals surface area contributed by atoms with Gasteiger partial charge < -0.3 is 9.88 Å². The Kier molecular flexibility index (Phi) is 3.46. The van der Waals surface area contributed by atoms with Crippen LogP contribution in [0.15, 0.2) is 16.7 Å². The molecule has 0 atom stereocenters. The summed E-state index contributed by atoms with van der Waals surface area (Å²) < 4.78 is 3.11. The Morgan fingerprint density at radius 2 is 2.17 bits per heavy atom. The lowest BCUT2D eigenvalue weighted by Crippen LogP contribution is -2.28. The van der Waals surface area contributed by atoms with Crippen LogP contribution in [-0.2, 0) is 0 Å². The van der Waals surface area contributed by atoms with Gasteiger partial charge in [0.15, 0.2) is 0 Å². The molecule has 0 spiro atoms. The number of nitrogens with one attached hydrogen (secondary N) is 1. The number of amides is 1. The van der Waals surface area contributed by atoms with E-state index in [2.05, 4.69) is 25.8 Å². The maximum Gasteiger partial charge on any atom is 0.267 e. The smallest absolute Gasteiger partial charge is 0.267 e. The summed E-state index contributed by atoms with van der Waals surface area (Å²) in [7, 11) is 0. The average Bonchev–Trinajstić information content (AvgIpc) is 3.05. The van der Waals surface area contributed by atoms with E-state index in [0.29, 0.717) is 6.04 Å². The lowest BCUT2D eigenvalue weighted by molar-refractivity contribution is 0.0939. The highest BCUT2D eigenvalue weighted by molar-refractivity contribution is 9.10. The van der Waals surface area contributed by atoms with Gasteiger partial charge in [-0.25, -0.2) is 0 Å². The molecule has 1 aromatic heterocycles. The molecule has 0 unspecified atom stereocenters. The maximum atomic E-state index is 12.1. The van der Waals surface area contributed by atoms with E-state index < -0.39 is 0 Å². The molecule has 3 nitrogen and oxygen atoms in total. The van der Waals surface area contributed by atoms with E-state index >= 15 is 0 Å². The lowest BCUT2D eigenvalue weighted by Gasteiger charge is -2.25. The van der Waals surface area contributed by atoms with E-state index in [9.17, 15) is 4.79 Å². The molecule has 2 aliphatic carbocycles. The number of carbonyl (C=O) groups excluding carboxylic acids is 1. The van der Waals surface area contributed by atoms with Crippen LogP contribution in [0.2, 0.25) is 0 Å². The minimum Gasteiger partial charge on any atom is -0.351 e. The van der Waals surface area contributed by atoms with E-state index in [0.717, 1.165) is 29.1 Å². The second-order valence-electron chi connectivity index (χ2n) is 5.52. The first kappa shape index (κ1) is 12.3. The van der Waals surface area contributed by atoms with Crippen LogP contribution >= 0.6 is 15.9 Å². The molecule has 0 bridgehead atoms. The molecule has 3 rings (SSSR count). The molecule has 1 heterocycles. The Balaban J connectivity index is 1.57. The zero-order valence-corrected chi connectivity index (χ0v) is 12.1. The molecule has 0 aromatic carbocycles.